The molecule has 112 valence electrons. The van der Waals surface area contributed by atoms with Crippen molar-refractivity contribution in [2.24, 2.45) is 5.84 Å². The molecule has 0 fully saturated rings. The van der Waals surface area contributed by atoms with E-state index in [1.165, 1.54) is 12.1 Å². The van der Waals surface area contributed by atoms with Crippen LogP contribution in [-0.2, 0) is 6.42 Å². The van der Waals surface area contributed by atoms with E-state index in [1.807, 2.05) is 20.8 Å². The molecule has 5 nitrogen and oxygen atoms in total. The van der Waals surface area contributed by atoms with Crippen LogP contribution >= 0.6 is 0 Å². The summed E-state index contributed by atoms with van der Waals surface area (Å²) in [6.07, 6.45) is 0.717. The second-order valence-corrected chi connectivity index (χ2v) is 4.88. The molecule has 1 unspecified atom stereocenters. The number of hydrogen-bond donors (Lipinski definition) is 3. The molecule has 0 aliphatic rings. The Labute approximate surface area is 123 Å². The zero-order valence-electron chi connectivity index (χ0n) is 12.4. The number of anilines is 2. The highest BCUT2D eigenvalue weighted by atomic mass is 19.1. The van der Waals surface area contributed by atoms with E-state index in [1.54, 1.807) is 12.1 Å². The minimum Gasteiger partial charge on any atom is -0.363 e. The van der Waals surface area contributed by atoms with Crippen molar-refractivity contribution < 1.29 is 4.39 Å². The van der Waals surface area contributed by atoms with E-state index in [9.17, 15) is 4.39 Å². The van der Waals surface area contributed by atoms with Crippen LogP contribution < -0.4 is 16.6 Å². The Kier molecular flexibility index (Phi) is 4.70. The highest BCUT2D eigenvalue weighted by Crippen LogP contribution is 2.24. The molecule has 0 aliphatic heterocycles. The third-order valence-electron chi connectivity index (χ3n) is 3.37. The van der Waals surface area contributed by atoms with Gasteiger partial charge in [0.1, 0.15) is 23.3 Å². The lowest BCUT2D eigenvalue weighted by molar-refractivity contribution is 0.626. The summed E-state index contributed by atoms with van der Waals surface area (Å²) >= 11 is 0. The molecule has 0 spiro atoms. The summed E-state index contributed by atoms with van der Waals surface area (Å²) in [5.41, 5.74) is 4.42. The number of halogens is 1. The Balaban J connectivity index is 2.27. The second kappa shape index (κ2) is 6.49. The van der Waals surface area contributed by atoms with Gasteiger partial charge < -0.3 is 10.7 Å². The highest BCUT2D eigenvalue weighted by molar-refractivity contribution is 5.57. The van der Waals surface area contributed by atoms with Gasteiger partial charge in [-0.15, -0.1) is 0 Å². The number of rotatable bonds is 5. The van der Waals surface area contributed by atoms with Crippen molar-refractivity contribution in [3.8, 4) is 0 Å². The Hall–Kier alpha value is -2.21. The molecule has 4 N–H and O–H groups in total. The SMILES string of the molecule is CCc1nc(NN)c(C)c(NC(C)c2ccc(F)cc2)n1. The summed E-state index contributed by atoms with van der Waals surface area (Å²) in [7, 11) is 0. The monoisotopic (exact) mass is 289 g/mol. The van der Waals surface area contributed by atoms with Gasteiger partial charge in [0.15, 0.2) is 0 Å². The van der Waals surface area contributed by atoms with E-state index in [0.29, 0.717) is 18.1 Å². The lowest BCUT2D eigenvalue weighted by Crippen LogP contribution is -2.16. The molecule has 0 amide bonds. The molecular weight excluding hydrogens is 269 g/mol. The molecule has 0 bridgehead atoms. The fraction of sp³-hybridized carbons (Fsp3) is 0.333. The molecule has 0 saturated carbocycles. The standard InChI is InChI=1S/C15H20FN5/c1-4-13-19-14(9(2)15(20-13)21-17)18-10(3)11-5-7-12(16)8-6-11/h5-8,10H,4,17H2,1-3H3,(H2,18,19,20,21). The number of nitrogen functional groups attached to an aromatic ring is 1. The van der Waals surface area contributed by atoms with Crippen LogP contribution in [0.1, 0.15) is 36.8 Å². The summed E-state index contributed by atoms with van der Waals surface area (Å²) in [5, 5.41) is 3.33. The number of aromatic nitrogens is 2. The van der Waals surface area contributed by atoms with E-state index >= 15 is 0 Å². The zero-order valence-corrected chi connectivity index (χ0v) is 12.4. The molecule has 21 heavy (non-hydrogen) atoms. The summed E-state index contributed by atoms with van der Waals surface area (Å²) in [6.45, 7) is 5.88. The van der Waals surface area contributed by atoms with Gasteiger partial charge in [0.2, 0.25) is 0 Å². The van der Waals surface area contributed by atoms with Crippen LogP contribution in [0.4, 0.5) is 16.0 Å². The van der Waals surface area contributed by atoms with Crippen LogP contribution in [0.2, 0.25) is 0 Å². The Morgan fingerprint density at radius 1 is 1.19 bits per heavy atom. The predicted molar refractivity (Wildman–Crippen MR) is 82.4 cm³/mol. The molecule has 6 heteroatoms. The highest BCUT2D eigenvalue weighted by Gasteiger charge is 2.13. The molecule has 1 aromatic heterocycles. The predicted octanol–water partition coefficient (Wildman–Crippen LogP) is 2.95. The van der Waals surface area contributed by atoms with Gasteiger partial charge in [0, 0.05) is 18.0 Å². The molecule has 2 rings (SSSR count). The third kappa shape index (κ3) is 3.46. The van der Waals surface area contributed by atoms with Crippen LogP contribution in [0.5, 0.6) is 0 Å². The van der Waals surface area contributed by atoms with E-state index < -0.39 is 0 Å². The lowest BCUT2D eigenvalue weighted by atomic mass is 10.1. The molecule has 0 saturated heterocycles. The van der Waals surface area contributed by atoms with Crippen molar-refractivity contribution >= 4 is 11.6 Å². The first-order valence-corrected chi connectivity index (χ1v) is 6.91. The van der Waals surface area contributed by atoms with Crippen LogP contribution in [0.25, 0.3) is 0 Å². The Morgan fingerprint density at radius 2 is 1.81 bits per heavy atom. The third-order valence-corrected chi connectivity index (χ3v) is 3.37. The van der Waals surface area contributed by atoms with Crippen molar-refractivity contribution in [3.05, 3.63) is 47.0 Å². The first-order chi connectivity index (χ1) is 10.0. The molecule has 1 atom stereocenters. The maximum Gasteiger partial charge on any atom is 0.148 e. The van der Waals surface area contributed by atoms with E-state index in [-0.39, 0.29) is 11.9 Å². The number of aryl methyl sites for hydroxylation is 1. The molecule has 1 aromatic carbocycles. The van der Waals surface area contributed by atoms with Crippen LogP contribution in [0.3, 0.4) is 0 Å². The van der Waals surface area contributed by atoms with Gasteiger partial charge in [-0.05, 0) is 31.5 Å². The van der Waals surface area contributed by atoms with Gasteiger partial charge in [-0.3, -0.25) is 0 Å². The smallest absolute Gasteiger partial charge is 0.148 e. The van der Waals surface area contributed by atoms with E-state index in [4.69, 9.17) is 5.84 Å². The van der Waals surface area contributed by atoms with Gasteiger partial charge in [0.25, 0.3) is 0 Å². The van der Waals surface area contributed by atoms with Crippen molar-refractivity contribution in [1.29, 1.82) is 0 Å². The number of hydrogen-bond acceptors (Lipinski definition) is 5. The zero-order chi connectivity index (χ0) is 15.4. The average Bonchev–Trinajstić information content (AvgIpc) is 2.49. The fourth-order valence-corrected chi connectivity index (χ4v) is 2.04. The van der Waals surface area contributed by atoms with Crippen molar-refractivity contribution in [2.75, 3.05) is 10.7 Å². The van der Waals surface area contributed by atoms with Gasteiger partial charge in [0.05, 0.1) is 0 Å². The van der Waals surface area contributed by atoms with Gasteiger partial charge in [-0.2, -0.15) is 0 Å². The van der Waals surface area contributed by atoms with Gasteiger partial charge in [-0.25, -0.2) is 20.2 Å². The van der Waals surface area contributed by atoms with Crippen LogP contribution in [0.15, 0.2) is 24.3 Å². The molecule has 0 aliphatic carbocycles. The quantitative estimate of drug-likeness (QED) is 0.583. The largest absolute Gasteiger partial charge is 0.363 e. The summed E-state index contributed by atoms with van der Waals surface area (Å²) in [4.78, 5) is 8.82. The van der Waals surface area contributed by atoms with Crippen molar-refractivity contribution in [1.82, 2.24) is 9.97 Å². The summed E-state index contributed by atoms with van der Waals surface area (Å²) in [6, 6.07) is 6.41. The number of benzene rings is 1. The maximum atomic E-state index is 13.0. The maximum absolute atomic E-state index is 13.0. The molecule has 0 radical (unpaired) electrons. The lowest BCUT2D eigenvalue weighted by Gasteiger charge is -2.18. The molecule has 2 aromatic rings. The first kappa shape index (κ1) is 15.2. The van der Waals surface area contributed by atoms with Crippen molar-refractivity contribution in [2.45, 2.75) is 33.2 Å². The molecule has 1 heterocycles. The average molecular weight is 289 g/mol. The van der Waals surface area contributed by atoms with Crippen molar-refractivity contribution in [3.63, 3.8) is 0 Å². The number of nitrogens with one attached hydrogen (secondary N) is 2. The Bertz CT molecular complexity index is 612. The summed E-state index contributed by atoms with van der Waals surface area (Å²) < 4.78 is 13.0. The fourth-order valence-electron chi connectivity index (χ4n) is 2.04. The Morgan fingerprint density at radius 3 is 2.38 bits per heavy atom. The number of nitrogens with two attached hydrogens (primary N) is 1. The van der Waals surface area contributed by atoms with E-state index in [0.717, 1.165) is 16.9 Å². The minimum atomic E-state index is -0.243. The minimum absolute atomic E-state index is 0.00506. The van der Waals surface area contributed by atoms with Gasteiger partial charge >= 0.3 is 0 Å². The topological polar surface area (TPSA) is 75.9 Å². The van der Waals surface area contributed by atoms with Crippen LogP contribution in [-0.4, -0.2) is 9.97 Å². The van der Waals surface area contributed by atoms with Crippen LogP contribution in [0, 0.1) is 12.7 Å². The number of hydrazine groups is 1. The molecular formula is C15H20FN5. The normalized spacial score (nSPS) is 12.0. The second-order valence-electron chi connectivity index (χ2n) is 4.88. The first-order valence-electron chi connectivity index (χ1n) is 6.91. The van der Waals surface area contributed by atoms with Gasteiger partial charge in [-0.1, -0.05) is 19.1 Å². The summed E-state index contributed by atoms with van der Waals surface area (Å²) in [5.74, 6) is 7.29. The number of nitrogens with zero attached hydrogens (tertiary/aromatic N) is 2. The van der Waals surface area contributed by atoms with E-state index in [2.05, 4.69) is 20.7 Å².